The summed E-state index contributed by atoms with van der Waals surface area (Å²) in [4.78, 5) is 0. The van der Waals surface area contributed by atoms with E-state index in [1.165, 1.54) is 57.8 Å². The molecule has 0 aliphatic heterocycles. The molecule has 0 aromatic carbocycles. The van der Waals surface area contributed by atoms with E-state index in [0.717, 1.165) is 39.1 Å². The Hall–Kier alpha value is -0.163. The van der Waals surface area contributed by atoms with Gasteiger partial charge in [-0.15, -0.1) is 0 Å². The van der Waals surface area contributed by atoms with Crippen molar-refractivity contribution in [3.05, 3.63) is 11.8 Å². The molecule has 0 fully saturated rings. The van der Waals surface area contributed by atoms with Crippen molar-refractivity contribution in [2.45, 2.75) is 105 Å². The molecule has 3 nitrogen and oxygen atoms in total. The SMILES string of the molecule is CC=C[Si](OCCCCCC)(OCCCCCC)OCCCCCC. The van der Waals surface area contributed by atoms with Gasteiger partial charge in [0.25, 0.3) is 0 Å². The number of hydrogen-bond acceptors (Lipinski definition) is 3. The number of allylic oxidation sites excluding steroid dienone is 1. The molecule has 0 amide bonds. The van der Waals surface area contributed by atoms with Gasteiger partial charge in [0.2, 0.25) is 0 Å². The van der Waals surface area contributed by atoms with Gasteiger partial charge in [-0.1, -0.05) is 84.6 Å². The molecule has 0 heterocycles. The number of rotatable bonds is 19. The van der Waals surface area contributed by atoms with Crippen LogP contribution in [0.25, 0.3) is 0 Å². The highest BCUT2D eigenvalue weighted by molar-refractivity contribution is 6.66. The van der Waals surface area contributed by atoms with Gasteiger partial charge in [0.15, 0.2) is 0 Å². The van der Waals surface area contributed by atoms with Crippen LogP contribution >= 0.6 is 0 Å². The van der Waals surface area contributed by atoms with E-state index in [4.69, 9.17) is 13.3 Å². The summed E-state index contributed by atoms with van der Waals surface area (Å²) in [6.45, 7) is 11.0. The Kier molecular flexibility index (Phi) is 18.5. The molecule has 0 N–H and O–H groups in total. The number of hydrogen-bond donors (Lipinski definition) is 0. The Morgan fingerprint density at radius 2 is 0.920 bits per heavy atom. The van der Waals surface area contributed by atoms with Gasteiger partial charge < -0.3 is 13.3 Å². The van der Waals surface area contributed by atoms with Crippen molar-refractivity contribution in [2.75, 3.05) is 19.8 Å². The van der Waals surface area contributed by atoms with E-state index >= 15 is 0 Å². The molecule has 0 unspecified atom stereocenters. The fourth-order valence-electron chi connectivity index (χ4n) is 2.70. The van der Waals surface area contributed by atoms with Crippen LogP contribution in [0.1, 0.15) is 105 Å². The van der Waals surface area contributed by atoms with Crippen molar-refractivity contribution in [3.8, 4) is 0 Å². The van der Waals surface area contributed by atoms with E-state index in [9.17, 15) is 0 Å². The minimum absolute atomic E-state index is 0.750. The molecule has 0 aromatic heterocycles. The molecule has 25 heavy (non-hydrogen) atoms. The molecule has 0 aliphatic carbocycles. The van der Waals surface area contributed by atoms with Crippen molar-refractivity contribution < 1.29 is 13.3 Å². The first-order chi connectivity index (χ1) is 12.2. The average Bonchev–Trinajstić information content (AvgIpc) is 2.61. The maximum absolute atomic E-state index is 6.24. The van der Waals surface area contributed by atoms with Crippen molar-refractivity contribution >= 4 is 8.80 Å². The summed E-state index contributed by atoms with van der Waals surface area (Å²) in [7, 11) is -2.66. The summed E-state index contributed by atoms with van der Waals surface area (Å²) < 4.78 is 18.7. The van der Waals surface area contributed by atoms with Crippen LogP contribution < -0.4 is 0 Å². The summed E-state index contributed by atoms with van der Waals surface area (Å²) in [6.07, 6.45) is 16.6. The van der Waals surface area contributed by atoms with Crippen molar-refractivity contribution in [1.82, 2.24) is 0 Å². The minimum atomic E-state index is -2.66. The lowest BCUT2D eigenvalue weighted by atomic mass is 10.2. The molecule has 0 aliphatic rings. The lowest BCUT2D eigenvalue weighted by molar-refractivity contribution is 0.0673. The first kappa shape index (κ1) is 24.8. The van der Waals surface area contributed by atoms with Gasteiger partial charge in [0, 0.05) is 19.8 Å². The highest BCUT2D eigenvalue weighted by Gasteiger charge is 2.38. The van der Waals surface area contributed by atoms with Crippen LogP contribution in [0.15, 0.2) is 11.8 Å². The van der Waals surface area contributed by atoms with E-state index < -0.39 is 8.80 Å². The Morgan fingerprint density at radius 1 is 0.560 bits per heavy atom. The summed E-state index contributed by atoms with van der Waals surface area (Å²) in [5.74, 6) is 0. The third-order valence-electron chi connectivity index (χ3n) is 4.27. The van der Waals surface area contributed by atoms with Gasteiger partial charge in [-0.3, -0.25) is 0 Å². The van der Waals surface area contributed by atoms with Gasteiger partial charge in [-0.2, -0.15) is 0 Å². The van der Waals surface area contributed by atoms with E-state index in [1.807, 2.05) is 13.0 Å². The van der Waals surface area contributed by atoms with Gasteiger partial charge in [-0.25, -0.2) is 0 Å². The second-order valence-corrected chi connectivity index (χ2v) is 9.24. The quantitative estimate of drug-likeness (QED) is 0.184. The van der Waals surface area contributed by atoms with Crippen LogP contribution in [-0.2, 0) is 13.3 Å². The number of unbranched alkanes of at least 4 members (excludes halogenated alkanes) is 9. The van der Waals surface area contributed by atoms with Crippen LogP contribution in [0, 0.1) is 0 Å². The van der Waals surface area contributed by atoms with E-state index in [2.05, 4.69) is 26.5 Å². The van der Waals surface area contributed by atoms with Gasteiger partial charge in [-0.05, 0) is 31.9 Å². The van der Waals surface area contributed by atoms with Crippen LogP contribution in [0.4, 0.5) is 0 Å². The second-order valence-electron chi connectivity index (χ2n) is 6.83. The van der Waals surface area contributed by atoms with Crippen LogP contribution in [0.3, 0.4) is 0 Å². The topological polar surface area (TPSA) is 27.7 Å². The van der Waals surface area contributed by atoms with Crippen LogP contribution in [0.2, 0.25) is 0 Å². The molecule has 0 rings (SSSR count). The zero-order valence-electron chi connectivity index (χ0n) is 17.5. The predicted molar refractivity (Wildman–Crippen MR) is 111 cm³/mol. The fourth-order valence-corrected chi connectivity index (χ4v) is 4.94. The lowest BCUT2D eigenvalue weighted by Gasteiger charge is -2.27. The third-order valence-corrected chi connectivity index (χ3v) is 6.84. The van der Waals surface area contributed by atoms with E-state index in [0.29, 0.717) is 0 Å². The highest BCUT2D eigenvalue weighted by Crippen LogP contribution is 2.16. The predicted octanol–water partition coefficient (Wildman–Crippen LogP) is 6.83. The standard InChI is InChI=1S/C21H44O3Si/c1-5-9-12-15-18-22-25(21-8-4,23-19-16-13-10-6-2)24-20-17-14-11-7-3/h8,21H,5-7,9-20H2,1-4H3. The molecule has 0 spiro atoms. The van der Waals surface area contributed by atoms with Gasteiger partial charge in [0.05, 0.1) is 0 Å². The van der Waals surface area contributed by atoms with Gasteiger partial charge in [0.1, 0.15) is 0 Å². The molecular formula is C21H44O3Si. The molecule has 4 heteroatoms. The lowest BCUT2D eigenvalue weighted by Crippen LogP contribution is -2.45. The zero-order valence-corrected chi connectivity index (χ0v) is 18.5. The second kappa shape index (κ2) is 18.6. The van der Waals surface area contributed by atoms with Crippen molar-refractivity contribution in [2.24, 2.45) is 0 Å². The fraction of sp³-hybridized carbons (Fsp3) is 0.905. The smallest absolute Gasteiger partial charge is 0.370 e. The largest absolute Gasteiger partial charge is 0.529 e. The molecule has 0 radical (unpaired) electrons. The third kappa shape index (κ3) is 14.7. The van der Waals surface area contributed by atoms with Crippen LogP contribution in [-0.4, -0.2) is 28.6 Å². The van der Waals surface area contributed by atoms with Crippen molar-refractivity contribution in [3.63, 3.8) is 0 Å². The first-order valence-electron chi connectivity index (χ1n) is 10.8. The molecule has 0 saturated heterocycles. The molecule has 150 valence electrons. The van der Waals surface area contributed by atoms with E-state index in [-0.39, 0.29) is 0 Å². The Balaban J connectivity index is 4.46. The molecule has 0 atom stereocenters. The summed E-state index contributed by atoms with van der Waals surface area (Å²) in [6, 6.07) is 0. The molecule has 0 bridgehead atoms. The minimum Gasteiger partial charge on any atom is -0.370 e. The summed E-state index contributed by atoms with van der Waals surface area (Å²) >= 11 is 0. The maximum Gasteiger partial charge on any atom is 0.529 e. The normalized spacial score (nSPS) is 12.3. The van der Waals surface area contributed by atoms with Crippen molar-refractivity contribution in [1.29, 1.82) is 0 Å². The molecular weight excluding hydrogens is 328 g/mol. The molecule has 0 saturated carbocycles. The average molecular weight is 373 g/mol. The maximum atomic E-state index is 6.24. The zero-order chi connectivity index (χ0) is 18.6. The monoisotopic (exact) mass is 372 g/mol. The molecule has 0 aromatic rings. The Morgan fingerprint density at radius 3 is 1.20 bits per heavy atom. The Bertz CT molecular complexity index is 259. The summed E-state index contributed by atoms with van der Waals surface area (Å²) in [5.41, 5.74) is 2.08. The van der Waals surface area contributed by atoms with E-state index in [1.54, 1.807) is 0 Å². The highest BCUT2D eigenvalue weighted by atomic mass is 28.4. The van der Waals surface area contributed by atoms with Crippen LogP contribution in [0.5, 0.6) is 0 Å². The van der Waals surface area contributed by atoms with Gasteiger partial charge >= 0.3 is 8.80 Å². The first-order valence-corrected chi connectivity index (χ1v) is 12.6. The Labute approximate surface area is 158 Å². The summed E-state index contributed by atoms with van der Waals surface area (Å²) in [5, 5.41) is 0.